The van der Waals surface area contributed by atoms with E-state index in [2.05, 4.69) is 10.6 Å². The smallest absolute Gasteiger partial charge is 0.288 e. The van der Waals surface area contributed by atoms with Crippen LogP contribution >= 0.6 is 23.4 Å². The van der Waals surface area contributed by atoms with Crippen molar-refractivity contribution in [2.24, 2.45) is 0 Å². The summed E-state index contributed by atoms with van der Waals surface area (Å²) in [6, 6.07) is 11.8. The molecule has 0 unspecified atom stereocenters. The first kappa shape index (κ1) is 17.6. The van der Waals surface area contributed by atoms with E-state index in [4.69, 9.17) is 11.6 Å². The van der Waals surface area contributed by atoms with Crippen LogP contribution < -0.4 is 10.6 Å². The van der Waals surface area contributed by atoms with E-state index in [-0.39, 0.29) is 12.5 Å². The topological polar surface area (TPSA) is 41.1 Å². The van der Waals surface area contributed by atoms with E-state index in [1.807, 2.05) is 13.0 Å². The fourth-order valence-electron chi connectivity index (χ4n) is 1.86. The van der Waals surface area contributed by atoms with E-state index < -0.39 is 5.76 Å². The second kappa shape index (κ2) is 8.17. The molecule has 0 saturated carbocycles. The summed E-state index contributed by atoms with van der Waals surface area (Å²) in [6.45, 7) is 1.98. The van der Waals surface area contributed by atoms with Gasteiger partial charge in [-0.15, -0.1) is 0 Å². The molecule has 0 aliphatic heterocycles. The van der Waals surface area contributed by atoms with Crippen molar-refractivity contribution >= 4 is 40.6 Å². The summed E-state index contributed by atoms with van der Waals surface area (Å²) in [5.74, 6) is -2.71. The maximum absolute atomic E-state index is 12.2. The van der Waals surface area contributed by atoms with Crippen molar-refractivity contribution in [2.75, 3.05) is 17.2 Å². The zero-order valence-electron chi connectivity index (χ0n) is 12.3. The highest BCUT2D eigenvalue weighted by molar-refractivity contribution is 7.99. The average Bonchev–Trinajstić information content (AvgIpc) is 2.48. The van der Waals surface area contributed by atoms with Crippen molar-refractivity contribution in [1.82, 2.24) is 0 Å². The van der Waals surface area contributed by atoms with Crippen molar-refractivity contribution in [3.05, 3.63) is 53.1 Å². The Labute approximate surface area is 142 Å². The Kier molecular flexibility index (Phi) is 6.24. The molecule has 2 aromatic rings. The molecule has 0 aromatic heterocycles. The van der Waals surface area contributed by atoms with Gasteiger partial charge in [0.05, 0.1) is 17.3 Å². The number of alkyl halides is 2. The Hall–Kier alpha value is -1.79. The van der Waals surface area contributed by atoms with Gasteiger partial charge in [0, 0.05) is 10.6 Å². The minimum absolute atomic E-state index is 0.0519. The fourth-order valence-corrected chi connectivity index (χ4v) is 2.66. The Morgan fingerprint density at radius 3 is 2.52 bits per heavy atom. The van der Waals surface area contributed by atoms with Crippen LogP contribution in [-0.4, -0.2) is 18.2 Å². The maximum Gasteiger partial charge on any atom is 0.288 e. The monoisotopic (exact) mass is 356 g/mol. The molecule has 0 atom stereocenters. The Morgan fingerprint density at radius 1 is 1.22 bits per heavy atom. The van der Waals surface area contributed by atoms with Crippen LogP contribution in [0.25, 0.3) is 0 Å². The third-order valence-corrected chi connectivity index (χ3v) is 3.96. The van der Waals surface area contributed by atoms with Gasteiger partial charge in [0.1, 0.15) is 0 Å². The van der Waals surface area contributed by atoms with Gasteiger partial charge in [-0.2, -0.15) is 8.78 Å². The van der Waals surface area contributed by atoms with E-state index >= 15 is 0 Å². The number of thioether (sulfide) groups is 1. The first-order valence-electron chi connectivity index (χ1n) is 6.79. The molecule has 0 saturated heterocycles. The highest BCUT2D eigenvalue weighted by Gasteiger charge is 2.07. The molecular formula is C16H15ClF2N2OS. The van der Waals surface area contributed by atoms with Crippen LogP contribution in [0.3, 0.4) is 0 Å². The van der Waals surface area contributed by atoms with Gasteiger partial charge in [0.2, 0.25) is 5.91 Å². The van der Waals surface area contributed by atoms with Crippen molar-refractivity contribution in [2.45, 2.75) is 17.6 Å². The van der Waals surface area contributed by atoms with Crippen LogP contribution in [0.1, 0.15) is 5.56 Å². The summed E-state index contributed by atoms with van der Waals surface area (Å²) >= 11 is 6.54. The Balaban J connectivity index is 1.87. The number of carbonyl (C=O) groups is 1. The number of amides is 1. The van der Waals surface area contributed by atoms with Crippen LogP contribution in [0.15, 0.2) is 47.4 Å². The molecule has 2 N–H and O–H groups in total. The summed E-state index contributed by atoms with van der Waals surface area (Å²) in [7, 11) is 0. The normalized spacial score (nSPS) is 10.7. The maximum atomic E-state index is 12.2. The van der Waals surface area contributed by atoms with Crippen LogP contribution in [0, 0.1) is 6.92 Å². The summed E-state index contributed by atoms with van der Waals surface area (Å²) < 4.78 is 24.4. The van der Waals surface area contributed by atoms with Gasteiger partial charge in [-0.1, -0.05) is 29.4 Å². The number of nitrogens with one attached hydrogen (secondary N) is 2. The minimum Gasteiger partial charge on any atom is -0.375 e. The largest absolute Gasteiger partial charge is 0.375 e. The van der Waals surface area contributed by atoms with Gasteiger partial charge < -0.3 is 10.6 Å². The second-order valence-electron chi connectivity index (χ2n) is 4.79. The first-order valence-corrected chi connectivity index (χ1v) is 8.04. The van der Waals surface area contributed by atoms with E-state index in [1.54, 1.807) is 24.3 Å². The molecule has 0 radical (unpaired) electrons. The lowest BCUT2D eigenvalue weighted by Crippen LogP contribution is -2.21. The first-order chi connectivity index (χ1) is 10.9. The number of hydrogen-bond acceptors (Lipinski definition) is 3. The number of aryl methyl sites for hydroxylation is 1. The number of carbonyl (C=O) groups excluding carboxylic acids is 1. The third kappa shape index (κ3) is 5.73. The summed E-state index contributed by atoms with van der Waals surface area (Å²) in [5, 5.41) is 6.18. The SMILES string of the molecule is Cc1ccc(NCC(=O)Nc2ccc(SC(F)F)cc2)c(Cl)c1. The molecule has 7 heteroatoms. The molecule has 0 spiro atoms. The van der Waals surface area contributed by atoms with Crippen molar-refractivity contribution < 1.29 is 13.6 Å². The number of halogens is 3. The molecule has 0 fully saturated rings. The zero-order chi connectivity index (χ0) is 16.8. The van der Waals surface area contributed by atoms with Gasteiger partial charge in [-0.25, -0.2) is 0 Å². The lowest BCUT2D eigenvalue weighted by atomic mass is 10.2. The van der Waals surface area contributed by atoms with Crippen LogP contribution in [0.4, 0.5) is 20.2 Å². The van der Waals surface area contributed by atoms with Gasteiger partial charge in [0.25, 0.3) is 5.76 Å². The molecular weight excluding hydrogens is 342 g/mol. The molecule has 1 amide bonds. The molecule has 0 aliphatic carbocycles. The number of benzene rings is 2. The fraction of sp³-hybridized carbons (Fsp3) is 0.188. The van der Waals surface area contributed by atoms with Gasteiger partial charge in [-0.05, 0) is 48.9 Å². The Morgan fingerprint density at radius 2 is 1.91 bits per heavy atom. The molecule has 0 heterocycles. The molecule has 122 valence electrons. The highest BCUT2D eigenvalue weighted by Crippen LogP contribution is 2.26. The average molecular weight is 357 g/mol. The molecule has 2 rings (SSSR count). The molecule has 0 aliphatic rings. The lowest BCUT2D eigenvalue weighted by Gasteiger charge is -2.10. The van der Waals surface area contributed by atoms with Crippen LogP contribution in [0.2, 0.25) is 5.02 Å². The minimum atomic E-state index is -2.46. The zero-order valence-corrected chi connectivity index (χ0v) is 13.8. The predicted octanol–water partition coefficient (Wildman–Crippen LogP) is 5.01. The van der Waals surface area contributed by atoms with E-state index in [9.17, 15) is 13.6 Å². The van der Waals surface area contributed by atoms with E-state index in [0.717, 1.165) is 5.56 Å². The number of hydrogen-bond donors (Lipinski definition) is 2. The molecule has 3 nitrogen and oxygen atoms in total. The van der Waals surface area contributed by atoms with Crippen molar-refractivity contribution in [1.29, 1.82) is 0 Å². The van der Waals surface area contributed by atoms with Gasteiger partial charge in [-0.3, -0.25) is 4.79 Å². The molecule has 23 heavy (non-hydrogen) atoms. The van der Waals surface area contributed by atoms with Crippen LogP contribution in [0.5, 0.6) is 0 Å². The number of rotatable bonds is 6. The standard InChI is InChI=1S/C16H15ClF2N2OS/c1-10-2-7-14(13(17)8-10)20-9-15(22)21-11-3-5-12(6-4-11)23-16(18)19/h2-8,16,20H,9H2,1H3,(H,21,22). The summed E-state index contributed by atoms with van der Waals surface area (Å²) in [4.78, 5) is 12.3. The Bertz CT molecular complexity index is 680. The lowest BCUT2D eigenvalue weighted by molar-refractivity contribution is -0.114. The van der Waals surface area contributed by atoms with Crippen molar-refractivity contribution in [3.63, 3.8) is 0 Å². The van der Waals surface area contributed by atoms with E-state index in [0.29, 0.717) is 33.1 Å². The van der Waals surface area contributed by atoms with E-state index in [1.165, 1.54) is 12.1 Å². The third-order valence-electron chi connectivity index (χ3n) is 2.93. The van der Waals surface area contributed by atoms with Gasteiger partial charge >= 0.3 is 0 Å². The predicted molar refractivity (Wildman–Crippen MR) is 91.6 cm³/mol. The summed E-state index contributed by atoms with van der Waals surface area (Å²) in [6.07, 6.45) is 0. The van der Waals surface area contributed by atoms with Gasteiger partial charge in [0.15, 0.2) is 0 Å². The van der Waals surface area contributed by atoms with Crippen LogP contribution in [-0.2, 0) is 4.79 Å². The molecule has 0 bridgehead atoms. The molecule has 2 aromatic carbocycles. The summed E-state index contributed by atoms with van der Waals surface area (Å²) in [5.41, 5.74) is 2.26. The number of anilines is 2. The highest BCUT2D eigenvalue weighted by atomic mass is 35.5. The quantitative estimate of drug-likeness (QED) is 0.714. The van der Waals surface area contributed by atoms with Crippen molar-refractivity contribution in [3.8, 4) is 0 Å². The second-order valence-corrected chi connectivity index (χ2v) is 6.26.